The van der Waals surface area contributed by atoms with Crippen LogP contribution < -0.4 is 16.6 Å². The third kappa shape index (κ3) is 3.09. The molecule has 98 valence electrons. The third-order valence-corrected chi connectivity index (χ3v) is 3.25. The molecule has 1 aliphatic carbocycles. The van der Waals surface area contributed by atoms with E-state index in [-0.39, 0.29) is 11.6 Å². The lowest BCUT2D eigenvalue weighted by Gasteiger charge is -2.15. The Kier molecular flexibility index (Phi) is 3.96. The Hall–Kier alpha value is -1.85. The molecule has 2 rings (SSSR count). The van der Waals surface area contributed by atoms with E-state index in [4.69, 9.17) is 0 Å². The molecule has 0 radical (unpaired) electrons. The van der Waals surface area contributed by atoms with Crippen LogP contribution in [0.25, 0.3) is 0 Å². The Morgan fingerprint density at radius 2 is 1.83 bits per heavy atom. The molecule has 1 aromatic rings. The number of carbonyl (C=O) groups excluding carboxylic acids is 1. The highest BCUT2D eigenvalue weighted by Crippen LogP contribution is 2.17. The van der Waals surface area contributed by atoms with Crippen LogP contribution in [-0.2, 0) is 0 Å². The van der Waals surface area contributed by atoms with E-state index in [1.165, 1.54) is 12.8 Å². The van der Waals surface area contributed by atoms with Crippen LogP contribution in [0, 0.1) is 0 Å². The van der Waals surface area contributed by atoms with Crippen LogP contribution in [-0.4, -0.2) is 21.9 Å². The fraction of sp³-hybridized carbons (Fsp3) is 0.583. The minimum atomic E-state index is -0.648. The van der Waals surface area contributed by atoms with Gasteiger partial charge in [-0.05, 0) is 12.8 Å². The zero-order valence-corrected chi connectivity index (χ0v) is 10.1. The van der Waals surface area contributed by atoms with Gasteiger partial charge in [0.2, 0.25) is 0 Å². The first-order chi connectivity index (χ1) is 8.66. The van der Waals surface area contributed by atoms with E-state index in [0.29, 0.717) is 0 Å². The molecule has 1 saturated carbocycles. The van der Waals surface area contributed by atoms with Crippen molar-refractivity contribution in [2.75, 3.05) is 0 Å². The molecule has 6 nitrogen and oxygen atoms in total. The number of aromatic nitrogens is 2. The second kappa shape index (κ2) is 5.66. The van der Waals surface area contributed by atoms with Gasteiger partial charge < -0.3 is 10.3 Å². The SMILES string of the molecule is O=C(NC1CCCCCC1)c1c[nH]c(=O)[nH]c1=O. The van der Waals surface area contributed by atoms with Crippen molar-refractivity contribution in [3.63, 3.8) is 0 Å². The summed E-state index contributed by atoms with van der Waals surface area (Å²) in [5.74, 6) is -0.417. The molecule has 1 aliphatic rings. The quantitative estimate of drug-likeness (QED) is 0.668. The fourth-order valence-corrected chi connectivity index (χ4v) is 2.27. The number of carbonyl (C=O) groups is 1. The van der Waals surface area contributed by atoms with E-state index in [9.17, 15) is 14.4 Å². The monoisotopic (exact) mass is 251 g/mol. The molecule has 0 aromatic carbocycles. The fourth-order valence-electron chi connectivity index (χ4n) is 2.27. The zero-order valence-electron chi connectivity index (χ0n) is 10.1. The standard InChI is InChI=1S/C12H17N3O3/c16-10(9-7-13-12(18)15-11(9)17)14-8-5-3-1-2-4-6-8/h7-8H,1-6H2,(H,14,16)(H2,13,15,17,18). The Morgan fingerprint density at radius 3 is 2.44 bits per heavy atom. The molecule has 1 heterocycles. The summed E-state index contributed by atoms with van der Waals surface area (Å²) >= 11 is 0. The summed E-state index contributed by atoms with van der Waals surface area (Å²) in [4.78, 5) is 38.6. The number of amides is 1. The highest BCUT2D eigenvalue weighted by atomic mass is 16.2. The largest absolute Gasteiger partial charge is 0.349 e. The molecule has 1 aromatic heterocycles. The lowest BCUT2D eigenvalue weighted by Crippen LogP contribution is -2.38. The number of aromatic amines is 2. The van der Waals surface area contributed by atoms with Crippen molar-refractivity contribution in [2.45, 2.75) is 44.6 Å². The number of hydrogen-bond acceptors (Lipinski definition) is 3. The van der Waals surface area contributed by atoms with Gasteiger partial charge in [0.25, 0.3) is 11.5 Å². The molecule has 18 heavy (non-hydrogen) atoms. The van der Waals surface area contributed by atoms with Crippen molar-refractivity contribution in [2.24, 2.45) is 0 Å². The van der Waals surface area contributed by atoms with Crippen LogP contribution in [0.15, 0.2) is 15.8 Å². The molecule has 6 heteroatoms. The second-order valence-corrected chi connectivity index (χ2v) is 4.65. The van der Waals surface area contributed by atoms with Crippen LogP contribution in [0.3, 0.4) is 0 Å². The van der Waals surface area contributed by atoms with Crippen molar-refractivity contribution in [3.8, 4) is 0 Å². The van der Waals surface area contributed by atoms with Gasteiger partial charge >= 0.3 is 5.69 Å². The molecule has 0 unspecified atom stereocenters. The normalized spacial score (nSPS) is 17.1. The third-order valence-electron chi connectivity index (χ3n) is 3.25. The van der Waals surface area contributed by atoms with E-state index in [1.54, 1.807) is 0 Å². The molecule has 0 saturated heterocycles. The van der Waals surface area contributed by atoms with Gasteiger partial charge in [-0.15, -0.1) is 0 Å². The van der Waals surface area contributed by atoms with Gasteiger partial charge in [-0.25, -0.2) is 4.79 Å². The van der Waals surface area contributed by atoms with E-state index in [0.717, 1.165) is 31.9 Å². The molecule has 0 spiro atoms. The first-order valence-electron chi connectivity index (χ1n) is 6.29. The average Bonchev–Trinajstić information content (AvgIpc) is 2.57. The van der Waals surface area contributed by atoms with Gasteiger partial charge in [0.1, 0.15) is 5.56 Å². The minimum Gasteiger partial charge on any atom is -0.349 e. The smallest absolute Gasteiger partial charge is 0.325 e. The van der Waals surface area contributed by atoms with E-state index in [1.807, 2.05) is 4.98 Å². The maximum atomic E-state index is 11.9. The zero-order chi connectivity index (χ0) is 13.0. The molecule has 0 atom stereocenters. The van der Waals surface area contributed by atoms with E-state index in [2.05, 4.69) is 10.3 Å². The average molecular weight is 251 g/mol. The lowest BCUT2D eigenvalue weighted by molar-refractivity contribution is 0.0931. The Balaban J connectivity index is 2.06. The van der Waals surface area contributed by atoms with Gasteiger partial charge in [0.15, 0.2) is 0 Å². The summed E-state index contributed by atoms with van der Waals surface area (Å²) in [7, 11) is 0. The second-order valence-electron chi connectivity index (χ2n) is 4.65. The maximum absolute atomic E-state index is 11.9. The van der Waals surface area contributed by atoms with Crippen LogP contribution >= 0.6 is 0 Å². The summed E-state index contributed by atoms with van der Waals surface area (Å²) < 4.78 is 0. The van der Waals surface area contributed by atoms with Crippen LogP contribution in [0.1, 0.15) is 48.9 Å². The predicted octanol–water partition coefficient (Wildman–Crippen LogP) is 0.516. The Morgan fingerprint density at radius 1 is 1.17 bits per heavy atom. The minimum absolute atomic E-state index is 0.0427. The van der Waals surface area contributed by atoms with E-state index >= 15 is 0 Å². The van der Waals surface area contributed by atoms with E-state index < -0.39 is 17.2 Å². The summed E-state index contributed by atoms with van der Waals surface area (Å²) in [5, 5.41) is 2.85. The van der Waals surface area contributed by atoms with Gasteiger partial charge in [-0.2, -0.15) is 0 Å². The molecule has 1 amide bonds. The van der Waals surface area contributed by atoms with Crippen molar-refractivity contribution in [1.82, 2.24) is 15.3 Å². The van der Waals surface area contributed by atoms with Crippen LogP contribution in [0.5, 0.6) is 0 Å². The molecule has 3 N–H and O–H groups in total. The number of nitrogens with one attached hydrogen (secondary N) is 3. The summed E-state index contributed by atoms with van der Waals surface area (Å²) in [5.41, 5.74) is -1.30. The summed E-state index contributed by atoms with van der Waals surface area (Å²) in [6.45, 7) is 0. The Labute approximate surface area is 104 Å². The number of H-pyrrole nitrogens is 2. The van der Waals surface area contributed by atoms with Gasteiger partial charge in [0, 0.05) is 12.2 Å². The van der Waals surface area contributed by atoms with Crippen molar-refractivity contribution >= 4 is 5.91 Å². The first kappa shape index (κ1) is 12.6. The van der Waals surface area contributed by atoms with Gasteiger partial charge in [0.05, 0.1) is 0 Å². The number of hydrogen-bond donors (Lipinski definition) is 3. The maximum Gasteiger partial charge on any atom is 0.325 e. The lowest BCUT2D eigenvalue weighted by atomic mass is 10.1. The molecule has 0 aliphatic heterocycles. The summed E-state index contributed by atoms with van der Waals surface area (Å²) in [6.07, 6.45) is 7.67. The number of rotatable bonds is 2. The van der Waals surface area contributed by atoms with Crippen LogP contribution in [0.2, 0.25) is 0 Å². The highest BCUT2D eigenvalue weighted by molar-refractivity contribution is 5.93. The summed E-state index contributed by atoms with van der Waals surface area (Å²) in [6, 6.07) is 0.131. The van der Waals surface area contributed by atoms with Crippen LogP contribution in [0.4, 0.5) is 0 Å². The van der Waals surface area contributed by atoms with Gasteiger partial charge in [-0.3, -0.25) is 14.6 Å². The Bertz CT molecular complexity index is 524. The molecular formula is C12H17N3O3. The molecule has 1 fully saturated rings. The van der Waals surface area contributed by atoms with Crippen molar-refractivity contribution in [3.05, 3.63) is 32.6 Å². The first-order valence-corrected chi connectivity index (χ1v) is 6.29. The molecule has 0 bridgehead atoms. The van der Waals surface area contributed by atoms with Crippen molar-refractivity contribution < 1.29 is 4.79 Å². The molecular weight excluding hydrogens is 234 g/mol. The topological polar surface area (TPSA) is 94.8 Å². The van der Waals surface area contributed by atoms with Crippen molar-refractivity contribution in [1.29, 1.82) is 0 Å². The highest BCUT2D eigenvalue weighted by Gasteiger charge is 2.17. The van der Waals surface area contributed by atoms with Gasteiger partial charge in [-0.1, -0.05) is 25.7 Å². The predicted molar refractivity (Wildman–Crippen MR) is 66.6 cm³/mol.